The van der Waals surface area contributed by atoms with Gasteiger partial charge in [-0.15, -0.1) is 10.2 Å². The van der Waals surface area contributed by atoms with E-state index in [9.17, 15) is 4.79 Å². The molecule has 2 aliphatic rings. The lowest BCUT2D eigenvalue weighted by Gasteiger charge is -2.32. The van der Waals surface area contributed by atoms with Crippen LogP contribution in [0.15, 0.2) is 12.4 Å². The van der Waals surface area contributed by atoms with E-state index in [2.05, 4.69) is 37.0 Å². The van der Waals surface area contributed by atoms with Crippen LogP contribution >= 0.6 is 0 Å². The Bertz CT molecular complexity index is 1050. The van der Waals surface area contributed by atoms with Crippen LogP contribution in [0, 0.1) is 0 Å². The van der Waals surface area contributed by atoms with E-state index in [0.717, 1.165) is 35.7 Å². The van der Waals surface area contributed by atoms with E-state index >= 15 is 0 Å². The number of amides is 1. The molecule has 1 amide bonds. The third-order valence-corrected chi connectivity index (χ3v) is 6.06. The third-order valence-electron chi connectivity index (χ3n) is 6.06. The zero-order chi connectivity index (χ0) is 20.0. The second-order valence-corrected chi connectivity index (χ2v) is 8.17. The minimum Gasteiger partial charge on any atom is -0.333 e. The monoisotopic (exact) mass is 394 g/mol. The first-order chi connectivity index (χ1) is 14.1. The second-order valence-electron chi connectivity index (χ2n) is 8.17. The van der Waals surface area contributed by atoms with Gasteiger partial charge in [-0.05, 0) is 38.2 Å². The molecule has 0 fully saturated rings. The third kappa shape index (κ3) is 3.24. The van der Waals surface area contributed by atoms with Gasteiger partial charge < -0.3 is 9.47 Å². The van der Waals surface area contributed by atoms with Gasteiger partial charge in [0.25, 0.3) is 0 Å². The quantitative estimate of drug-likeness (QED) is 0.728. The van der Waals surface area contributed by atoms with Gasteiger partial charge in [-0.1, -0.05) is 0 Å². The Morgan fingerprint density at radius 1 is 1.28 bits per heavy atom. The minimum absolute atomic E-state index is 0.117. The summed E-state index contributed by atoms with van der Waals surface area (Å²) in [5.41, 5.74) is 4.62. The zero-order valence-corrected chi connectivity index (χ0v) is 16.9. The predicted octanol–water partition coefficient (Wildman–Crippen LogP) is 1.82. The van der Waals surface area contributed by atoms with Gasteiger partial charge in [0.1, 0.15) is 0 Å². The Balaban J connectivity index is 1.28. The molecule has 9 nitrogen and oxygen atoms in total. The smallest absolute Gasteiger partial charge is 0.223 e. The number of aryl methyl sites for hydroxylation is 3. The fourth-order valence-corrected chi connectivity index (χ4v) is 4.59. The maximum absolute atomic E-state index is 12.9. The van der Waals surface area contributed by atoms with E-state index in [1.807, 2.05) is 18.1 Å². The summed E-state index contributed by atoms with van der Waals surface area (Å²) in [5.74, 6) is 1.80. The number of hydrogen-bond acceptors (Lipinski definition) is 5. The van der Waals surface area contributed by atoms with Crippen LogP contribution in [-0.2, 0) is 37.6 Å². The first-order valence-electron chi connectivity index (χ1n) is 10.4. The summed E-state index contributed by atoms with van der Waals surface area (Å²) in [5, 5.41) is 20.6. The fourth-order valence-electron chi connectivity index (χ4n) is 4.59. The van der Waals surface area contributed by atoms with Gasteiger partial charge in [0.05, 0.1) is 30.0 Å². The Kier molecular flexibility index (Phi) is 4.44. The van der Waals surface area contributed by atoms with E-state index < -0.39 is 0 Å². The lowest BCUT2D eigenvalue weighted by molar-refractivity contribution is -0.133. The van der Waals surface area contributed by atoms with Gasteiger partial charge in [0.15, 0.2) is 11.6 Å². The van der Waals surface area contributed by atoms with E-state index in [1.165, 1.54) is 24.1 Å². The van der Waals surface area contributed by atoms with Crippen molar-refractivity contribution >= 4 is 5.91 Å². The maximum Gasteiger partial charge on any atom is 0.223 e. The van der Waals surface area contributed by atoms with Crippen LogP contribution in [0.25, 0.3) is 11.4 Å². The lowest BCUT2D eigenvalue weighted by Crippen LogP contribution is -2.40. The molecular formula is C20H26N8O. The highest BCUT2D eigenvalue weighted by atomic mass is 16.2. The number of carbonyl (C=O) groups is 1. The van der Waals surface area contributed by atoms with Crippen molar-refractivity contribution in [2.24, 2.45) is 7.05 Å². The van der Waals surface area contributed by atoms with Gasteiger partial charge in [-0.3, -0.25) is 14.6 Å². The SMILES string of the molecule is C[C@H]1CN(C(=O)CCc2n[nH]c3c2CCCC3)Cc2nnc(-c3cnn(C)c3)n21. The van der Waals surface area contributed by atoms with Crippen LogP contribution in [0.3, 0.4) is 0 Å². The molecule has 0 saturated heterocycles. The molecule has 152 valence electrons. The normalized spacial score (nSPS) is 18.6. The standard InChI is InChI=1S/C20H26N8O/c1-13-10-27(12-18-24-25-20(28(13)18)14-9-21-26(2)11-14)19(29)8-7-17-15-5-3-4-6-16(15)22-23-17/h9,11,13H,3-8,10,12H2,1-2H3,(H,22,23)/t13-/m0/s1. The Labute approximate surface area is 169 Å². The number of nitrogens with zero attached hydrogens (tertiary/aromatic N) is 7. The molecule has 4 heterocycles. The molecule has 1 atom stereocenters. The maximum atomic E-state index is 12.9. The number of H-pyrrole nitrogens is 1. The van der Waals surface area contributed by atoms with Crippen LogP contribution in [0.1, 0.15) is 55.0 Å². The van der Waals surface area contributed by atoms with Crippen LogP contribution in [0.2, 0.25) is 0 Å². The molecule has 0 unspecified atom stereocenters. The van der Waals surface area contributed by atoms with Crippen molar-refractivity contribution in [3.63, 3.8) is 0 Å². The molecule has 0 bridgehead atoms. The van der Waals surface area contributed by atoms with Crippen molar-refractivity contribution < 1.29 is 4.79 Å². The highest BCUT2D eigenvalue weighted by Gasteiger charge is 2.30. The summed E-state index contributed by atoms with van der Waals surface area (Å²) in [6.07, 6.45) is 9.51. The molecule has 1 aliphatic heterocycles. The highest BCUT2D eigenvalue weighted by Crippen LogP contribution is 2.28. The fraction of sp³-hybridized carbons (Fsp3) is 0.550. The van der Waals surface area contributed by atoms with Crippen LogP contribution < -0.4 is 0 Å². The van der Waals surface area contributed by atoms with Crippen molar-refractivity contribution in [1.82, 2.24) is 39.6 Å². The number of carbonyl (C=O) groups excluding carboxylic acids is 1. The predicted molar refractivity (Wildman–Crippen MR) is 106 cm³/mol. The van der Waals surface area contributed by atoms with Crippen molar-refractivity contribution in [3.8, 4) is 11.4 Å². The first kappa shape index (κ1) is 18.1. The molecule has 1 N–H and O–H groups in total. The molecule has 3 aromatic rings. The minimum atomic E-state index is 0.117. The summed E-state index contributed by atoms with van der Waals surface area (Å²) >= 11 is 0. The Morgan fingerprint density at radius 3 is 2.97 bits per heavy atom. The largest absolute Gasteiger partial charge is 0.333 e. The molecular weight excluding hydrogens is 368 g/mol. The van der Waals surface area contributed by atoms with Crippen LogP contribution in [0.4, 0.5) is 0 Å². The van der Waals surface area contributed by atoms with Crippen molar-refractivity contribution in [2.75, 3.05) is 6.54 Å². The van der Waals surface area contributed by atoms with Crippen LogP contribution in [-0.4, -0.2) is 52.1 Å². The van der Waals surface area contributed by atoms with Crippen molar-refractivity contribution in [1.29, 1.82) is 0 Å². The van der Waals surface area contributed by atoms with Crippen LogP contribution in [0.5, 0.6) is 0 Å². The number of nitrogens with one attached hydrogen (secondary N) is 1. The molecule has 0 radical (unpaired) electrons. The number of rotatable bonds is 4. The van der Waals surface area contributed by atoms with E-state index in [4.69, 9.17) is 0 Å². The molecule has 9 heteroatoms. The van der Waals surface area contributed by atoms with E-state index in [0.29, 0.717) is 25.9 Å². The summed E-state index contributed by atoms with van der Waals surface area (Å²) in [7, 11) is 1.89. The van der Waals surface area contributed by atoms with E-state index in [1.54, 1.807) is 10.9 Å². The van der Waals surface area contributed by atoms with Gasteiger partial charge in [0.2, 0.25) is 5.91 Å². The summed E-state index contributed by atoms with van der Waals surface area (Å²) in [6, 6.07) is 0.117. The number of fused-ring (bicyclic) bond motifs is 2. The number of aromatic amines is 1. The van der Waals surface area contributed by atoms with Gasteiger partial charge in [-0.25, -0.2) is 0 Å². The molecule has 0 saturated carbocycles. The average molecular weight is 394 g/mol. The van der Waals surface area contributed by atoms with E-state index in [-0.39, 0.29) is 11.9 Å². The Morgan fingerprint density at radius 2 is 2.14 bits per heavy atom. The molecule has 1 aliphatic carbocycles. The van der Waals surface area contributed by atoms with Gasteiger partial charge >= 0.3 is 0 Å². The topological polar surface area (TPSA) is 97.5 Å². The van der Waals surface area contributed by atoms with Gasteiger partial charge in [0, 0.05) is 38.3 Å². The lowest BCUT2D eigenvalue weighted by atomic mass is 9.94. The average Bonchev–Trinajstić information content (AvgIpc) is 3.44. The first-order valence-corrected chi connectivity index (χ1v) is 10.4. The molecule has 3 aromatic heterocycles. The van der Waals surface area contributed by atoms with Crippen molar-refractivity contribution in [3.05, 3.63) is 35.2 Å². The summed E-state index contributed by atoms with van der Waals surface area (Å²) < 4.78 is 3.89. The van der Waals surface area contributed by atoms with Gasteiger partial charge in [-0.2, -0.15) is 10.2 Å². The molecule has 0 spiro atoms. The summed E-state index contributed by atoms with van der Waals surface area (Å²) in [4.78, 5) is 14.8. The molecule has 29 heavy (non-hydrogen) atoms. The van der Waals surface area contributed by atoms with Crippen molar-refractivity contribution in [2.45, 2.75) is 58.0 Å². The highest BCUT2D eigenvalue weighted by molar-refractivity contribution is 5.76. The second kappa shape index (κ2) is 7.13. The number of hydrogen-bond donors (Lipinski definition) is 1. The summed E-state index contributed by atoms with van der Waals surface area (Å²) in [6.45, 7) is 3.27. The zero-order valence-electron chi connectivity index (χ0n) is 16.9. The molecule has 5 rings (SSSR count). The number of aromatic nitrogens is 7. The Hall–Kier alpha value is -2.97. The molecule has 0 aromatic carbocycles.